The van der Waals surface area contributed by atoms with Crippen molar-refractivity contribution in [2.75, 3.05) is 14.1 Å². The molecule has 2 aromatic rings. The number of aromatic nitrogens is 1. The molecule has 0 aliphatic heterocycles. The fraction of sp³-hybridized carbons (Fsp3) is 0.357. The number of aliphatic carboxylic acids is 1. The highest BCUT2D eigenvalue weighted by molar-refractivity contribution is 5.85. The fourth-order valence-corrected chi connectivity index (χ4v) is 2.29. The molecule has 1 heterocycles. The van der Waals surface area contributed by atoms with Crippen LogP contribution in [0.1, 0.15) is 5.56 Å². The van der Waals surface area contributed by atoms with Gasteiger partial charge in [0, 0.05) is 30.6 Å². The summed E-state index contributed by atoms with van der Waals surface area (Å²) in [6, 6.07) is 7.57. The van der Waals surface area contributed by atoms with Crippen LogP contribution in [0, 0.1) is 0 Å². The first kappa shape index (κ1) is 18.4. The third kappa shape index (κ3) is 3.50. The van der Waals surface area contributed by atoms with Gasteiger partial charge in [0.15, 0.2) is 0 Å². The van der Waals surface area contributed by atoms with E-state index in [2.05, 4.69) is 0 Å². The van der Waals surface area contributed by atoms with Crippen LogP contribution in [-0.4, -0.2) is 40.7 Å². The Bertz CT molecular complexity index is 581. The van der Waals surface area contributed by atoms with Gasteiger partial charge in [-0.15, -0.1) is 12.4 Å². The van der Waals surface area contributed by atoms with E-state index < -0.39 is 12.0 Å². The van der Waals surface area contributed by atoms with E-state index in [4.69, 9.17) is 0 Å². The van der Waals surface area contributed by atoms with E-state index in [-0.39, 0.29) is 18.6 Å². The van der Waals surface area contributed by atoms with Gasteiger partial charge >= 0.3 is 5.97 Å². The summed E-state index contributed by atoms with van der Waals surface area (Å²) >= 11 is 0. The molecular weight excluding hydrogens is 278 g/mol. The molecule has 0 fully saturated rings. The molecule has 0 radical (unpaired) electrons. The molecule has 2 rings (SSSR count). The van der Waals surface area contributed by atoms with Crippen molar-refractivity contribution >= 4 is 29.3 Å². The van der Waals surface area contributed by atoms with Gasteiger partial charge in [0.25, 0.3) is 0 Å². The first-order valence-electron chi connectivity index (χ1n) is 5.93. The molecule has 0 aliphatic rings. The molecule has 112 valence electrons. The zero-order chi connectivity index (χ0) is 13.3. The molecule has 0 saturated carbocycles. The Hall–Kier alpha value is -1.56. The van der Waals surface area contributed by atoms with Crippen molar-refractivity contribution in [3.8, 4) is 0 Å². The third-order valence-corrected chi connectivity index (χ3v) is 3.30. The number of nitrogens with zero attached hydrogens (tertiary/aromatic N) is 2. The smallest absolute Gasteiger partial charge is 0.321 e. The minimum absolute atomic E-state index is 0. The van der Waals surface area contributed by atoms with Gasteiger partial charge in [-0.1, -0.05) is 18.2 Å². The van der Waals surface area contributed by atoms with E-state index in [1.165, 1.54) is 0 Å². The van der Waals surface area contributed by atoms with E-state index in [0.717, 1.165) is 16.5 Å². The topological polar surface area (TPSA) is 80.5 Å². The van der Waals surface area contributed by atoms with Crippen LogP contribution >= 0.6 is 12.4 Å². The monoisotopic (exact) mass is 299 g/mol. The quantitative estimate of drug-likeness (QED) is 0.908. The SMILES string of the molecule is CN(C)C(Cc1cn(C)c2ccccc12)C(=O)O.Cl.N. The van der Waals surface area contributed by atoms with Crippen molar-refractivity contribution < 1.29 is 9.90 Å². The Morgan fingerprint density at radius 2 is 1.95 bits per heavy atom. The van der Waals surface area contributed by atoms with Crippen molar-refractivity contribution in [3.05, 3.63) is 36.0 Å². The molecule has 1 aromatic carbocycles. The fourth-order valence-electron chi connectivity index (χ4n) is 2.29. The molecule has 1 atom stereocenters. The minimum atomic E-state index is -0.784. The van der Waals surface area contributed by atoms with E-state index in [1.54, 1.807) is 19.0 Å². The summed E-state index contributed by atoms with van der Waals surface area (Å²) in [4.78, 5) is 13.0. The van der Waals surface area contributed by atoms with Crippen molar-refractivity contribution in [2.24, 2.45) is 7.05 Å². The van der Waals surface area contributed by atoms with Crippen LogP contribution in [0.4, 0.5) is 0 Å². The van der Waals surface area contributed by atoms with Crippen molar-refractivity contribution in [2.45, 2.75) is 12.5 Å². The molecule has 0 bridgehead atoms. The van der Waals surface area contributed by atoms with Gasteiger partial charge in [0.2, 0.25) is 0 Å². The van der Waals surface area contributed by atoms with Crippen molar-refractivity contribution in [1.29, 1.82) is 0 Å². The molecule has 4 N–H and O–H groups in total. The van der Waals surface area contributed by atoms with Gasteiger partial charge in [-0.3, -0.25) is 9.69 Å². The number of carboxylic acids is 1. The van der Waals surface area contributed by atoms with E-state index in [9.17, 15) is 9.90 Å². The molecule has 1 unspecified atom stereocenters. The predicted octanol–water partition coefficient (Wildman–Crippen LogP) is 2.32. The Labute approximate surface area is 125 Å². The molecule has 5 nitrogen and oxygen atoms in total. The second-order valence-corrected chi connectivity index (χ2v) is 4.80. The Balaban J connectivity index is 0.00000180. The number of fused-ring (bicyclic) bond motifs is 1. The highest BCUT2D eigenvalue weighted by atomic mass is 35.5. The molecular formula is C14H22ClN3O2. The molecule has 0 saturated heterocycles. The zero-order valence-electron chi connectivity index (χ0n) is 12.0. The molecule has 0 amide bonds. The first-order valence-corrected chi connectivity index (χ1v) is 5.93. The second-order valence-electron chi connectivity index (χ2n) is 4.80. The maximum Gasteiger partial charge on any atom is 0.321 e. The summed E-state index contributed by atoms with van der Waals surface area (Å²) in [5.41, 5.74) is 2.21. The second kappa shape index (κ2) is 7.28. The number of para-hydroxylation sites is 1. The van der Waals surface area contributed by atoms with E-state index in [1.807, 2.05) is 42.1 Å². The number of carboxylic acid groups (broad SMARTS) is 1. The van der Waals surface area contributed by atoms with E-state index >= 15 is 0 Å². The Morgan fingerprint density at radius 1 is 1.35 bits per heavy atom. The molecule has 1 aromatic heterocycles. The number of rotatable bonds is 4. The summed E-state index contributed by atoms with van der Waals surface area (Å²) in [5.74, 6) is -0.784. The van der Waals surface area contributed by atoms with Crippen LogP contribution in [0.25, 0.3) is 10.9 Å². The van der Waals surface area contributed by atoms with Gasteiger partial charge in [0.1, 0.15) is 6.04 Å². The highest BCUT2D eigenvalue weighted by Gasteiger charge is 2.21. The van der Waals surface area contributed by atoms with Gasteiger partial charge < -0.3 is 15.8 Å². The number of benzene rings is 1. The van der Waals surface area contributed by atoms with Gasteiger partial charge in [-0.05, 0) is 25.7 Å². The summed E-state index contributed by atoms with van der Waals surface area (Å²) in [5, 5.41) is 10.4. The minimum Gasteiger partial charge on any atom is -0.480 e. The van der Waals surface area contributed by atoms with Crippen LogP contribution in [0.3, 0.4) is 0 Å². The normalized spacial score (nSPS) is 11.8. The Kier molecular flexibility index (Phi) is 6.72. The average Bonchev–Trinajstić information content (AvgIpc) is 2.63. The molecule has 6 heteroatoms. The average molecular weight is 300 g/mol. The summed E-state index contributed by atoms with van der Waals surface area (Å²) in [6.45, 7) is 0. The molecule has 0 aliphatic carbocycles. The lowest BCUT2D eigenvalue weighted by Crippen LogP contribution is -2.37. The number of hydrogen-bond acceptors (Lipinski definition) is 3. The first-order chi connectivity index (χ1) is 8.50. The van der Waals surface area contributed by atoms with Crippen LogP contribution in [0.5, 0.6) is 0 Å². The molecule has 0 spiro atoms. The van der Waals surface area contributed by atoms with Crippen molar-refractivity contribution in [1.82, 2.24) is 15.6 Å². The van der Waals surface area contributed by atoms with Crippen LogP contribution in [-0.2, 0) is 18.3 Å². The van der Waals surface area contributed by atoms with Gasteiger partial charge in [-0.2, -0.15) is 0 Å². The maximum atomic E-state index is 11.2. The molecule has 20 heavy (non-hydrogen) atoms. The summed E-state index contributed by atoms with van der Waals surface area (Å²) in [7, 11) is 5.57. The highest BCUT2D eigenvalue weighted by Crippen LogP contribution is 2.22. The van der Waals surface area contributed by atoms with Crippen LogP contribution in [0.2, 0.25) is 0 Å². The van der Waals surface area contributed by atoms with Crippen LogP contribution < -0.4 is 6.15 Å². The number of hydrogen-bond donors (Lipinski definition) is 2. The maximum absolute atomic E-state index is 11.2. The van der Waals surface area contributed by atoms with Crippen LogP contribution in [0.15, 0.2) is 30.5 Å². The van der Waals surface area contributed by atoms with Crippen molar-refractivity contribution in [3.63, 3.8) is 0 Å². The Morgan fingerprint density at radius 3 is 2.50 bits per heavy atom. The number of likely N-dealkylation sites (N-methyl/N-ethyl adjacent to an activating group) is 1. The number of halogens is 1. The lowest BCUT2D eigenvalue weighted by atomic mass is 10.0. The summed E-state index contributed by atoms with van der Waals surface area (Å²) in [6.07, 6.45) is 2.54. The lowest BCUT2D eigenvalue weighted by Gasteiger charge is -2.19. The number of carbonyl (C=O) groups is 1. The standard InChI is InChI=1S/C14H18N2O2.ClH.H3N/c1-15(2)13(14(17)18)8-10-9-16(3)12-7-5-4-6-11(10)12;;/h4-7,9,13H,8H2,1-3H3,(H,17,18);1H;1H3. The lowest BCUT2D eigenvalue weighted by molar-refractivity contribution is -0.142. The third-order valence-electron chi connectivity index (χ3n) is 3.30. The van der Waals surface area contributed by atoms with E-state index in [0.29, 0.717) is 6.42 Å². The van der Waals surface area contributed by atoms with Gasteiger partial charge in [0.05, 0.1) is 0 Å². The van der Waals surface area contributed by atoms with Gasteiger partial charge in [-0.25, -0.2) is 0 Å². The zero-order valence-corrected chi connectivity index (χ0v) is 12.9. The number of aryl methyl sites for hydroxylation is 1. The predicted molar refractivity (Wildman–Crippen MR) is 84.0 cm³/mol. The summed E-state index contributed by atoms with van der Waals surface area (Å²) < 4.78 is 2.04. The largest absolute Gasteiger partial charge is 0.480 e.